The number of pyridine rings is 1. The van der Waals surface area contributed by atoms with Gasteiger partial charge in [-0.2, -0.15) is 0 Å². The monoisotopic (exact) mass is 410 g/mol. The van der Waals surface area contributed by atoms with E-state index in [0.717, 1.165) is 33.7 Å². The normalized spacial score (nSPS) is 11.0. The van der Waals surface area contributed by atoms with Crippen molar-refractivity contribution in [2.75, 3.05) is 7.11 Å². The average molecular weight is 410 g/mol. The molecule has 0 atom stereocenters. The van der Waals surface area contributed by atoms with Crippen LogP contribution < -0.4 is 4.74 Å². The van der Waals surface area contributed by atoms with Crippen molar-refractivity contribution in [1.29, 1.82) is 0 Å². The molecule has 5 aromatic rings. The summed E-state index contributed by atoms with van der Waals surface area (Å²) in [6, 6.07) is 25.4. The Labute approximate surface area is 178 Å². The first-order valence-corrected chi connectivity index (χ1v) is 10.4. The van der Waals surface area contributed by atoms with Crippen LogP contribution >= 0.6 is 11.3 Å². The zero-order chi connectivity index (χ0) is 20.5. The highest BCUT2D eigenvalue weighted by molar-refractivity contribution is 7.12. The Morgan fingerprint density at radius 3 is 2.43 bits per heavy atom. The van der Waals surface area contributed by atoms with E-state index in [0.29, 0.717) is 10.4 Å². The number of thiophene rings is 1. The predicted octanol–water partition coefficient (Wildman–Crippen LogP) is 5.99. The molecule has 0 spiro atoms. The lowest BCUT2D eigenvalue weighted by Gasteiger charge is -2.12. The molecule has 0 fully saturated rings. The van der Waals surface area contributed by atoms with E-state index in [1.807, 2.05) is 84.2 Å². The van der Waals surface area contributed by atoms with Crippen LogP contribution in [0.3, 0.4) is 0 Å². The fraction of sp³-hybridized carbons (Fsp3) is 0.0400. The number of carbonyl (C=O) groups excluding carboxylic acids is 1. The van der Waals surface area contributed by atoms with E-state index < -0.39 is 0 Å². The summed E-state index contributed by atoms with van der Waals surface area (Å²) < 4.78 is 7.40. The molecule has 5 rings (SSSR count). The zero-order valence-electron chi connectivity index (χ0n) is 16.3. The number of fused-ring (bicyclic) bond motifs is 1. The Kier molecular flexibility index (Phi) is 4.65. The zero-order valence-corrected chi connectivity index (χ0v) is 17.1. The molecule has 0 bridgehead atoms. The third kappa shape index (κ3) is 3.00. The molecule has 0 unspecified atom stereocenters. The van der Waals surface area contributed by atoms with Gasteiger partial charge in [0, 0.05) is 17.3 Å². The van der Waals surface area contributed by atoms with E-state index in [2.05, 4.69) is 9.55 Å². The van der Waals surface area contributed by atoms with E-state index in [-0.39, 0.29) is 5.78 Å². The number of benzene rings is 2. The van der Waals surface area contributed by atoms with Gasteiger partial charge >= 0.3 is 0 Å². The number of hydrogen-bond acceptors (Lipinski definition) is 4. The third-order valence-corrected chi connectivity index (χ3v) is 5.95. The summed E-state index contributed by atoms with van der Waals surface area (Å²) in [5, 5.41) is 2.76. The number of carbonyl (C=O) groups is 1. The van der Waals surface area contributed by atoms with E-state index in [9.17, 15) is 4.79 Å². The summed E-state index contributed by atoms with van der Waals surface area (Å²) >= 11 is 1.45. The van der Waals surface area contributed by atoms with Crippen LogP contribution in [0.15, 0.2) is 90.4 Å². The van der Waals surface area contributed by atoms with Crippen LogP contribution in [0.4, 0.5) is 0 Å². The summed E-state index contributed by atoms with van der Waals surface area (Å²) in [6.07, 6.45) is 1.76. The van der Waals surface area contributed by atoms with E-state index in [1.165, 1.54) is 11.3 Å². The fourth-order valence-corrected chi connectivity index (χ4v) is 4.40. The van der Waals surface area contributed by atoms with Gasteiger partial charge in [0.05, 0.1) is 23.2 Å². The Morgan fingerprint density at radius 2 is 1.73 bits per heavy atom. The van der Waals surface area contributed by atoms with Crippen LogP contribution in [0.1, 0.15) is 15.2 Å². The van der Waals surface area contributed by atoms with Crippen molar-refractivity contribution in [3.8, 4) is 22.7 Å². The second kappa shape index (κ2) is 7.61. The standard InChI is InChI=1S/C25H18N2O2S/c1-29-19-13-11-17(12-14-19)23-22(24(28)21-10-6-16-30-21)20-9-5-15-26-25(20)27(23)18-7-3-2-4-8-18/h2-16H,1H3. The highest BCUT2D eigenvalue weighted by atomic mass is 32.1. The van der Waals surface area contributed by atoms with Crippen LogP contribution in [0.2, 0.25) is 0 Å². The molecule has 0 saturated carbocycles. The lowest BCUT2D eigenvalue weighted by atomic mass is 10.0. The van der Waals surface area contributed by atoms with Gasteiger partial charge in [-0.1, -0.05) is 24.3 Å². The van der Waals surface area contributed by atoms with Gasteiger partial charge in [0.2, 0.25) is 5.78 Å². The molecule has 0 N–H and O–H groups in total. The molecule has 0 aliphatic rings. The Hall–Kier alpha value is -3.70. The largest absolute Gasteiger partial charge is 0.497 e. The van der Waals surface area contributed by atoms with Gasteiger partial charge < -0.3 is 4.74 Å². The van der Waals surface area contributed by atoms with Crippen molar-refractivity contribution in [3.63, 3.8) is 0 Å². The molecule has 0 amide bonds. The summed E-state index contributed by atoms with van der Waals surface area (Å²) in [6.45, 7) is 0. The molecule has 0 aliphatic carbocycles. The maximum absolute atomic E-state index is 13.6. The van der Waals surface area contributed by atoms with Crippen molar-refractivity contribution in [1.82, 2.24) is 9.55 Å². The number of aromatic nitrogens is 2. The van der Waals surface area contributed by atoms with E-state index in [4.69, 9.17) is 4.74 Å². The van der Waals surface area contributed by atoms with Crippen LogP contribution in [-0.2, 0) is 0 Å². The summed E-state index contributed by atoms with van der Waals surface area (Å²) in [5.74, 6) is 0.772. The molecule has 0 aliphatic heterocycles. The van der Waals surface area contributed by atoms with Gasteiger partial charge in [-0.05, 0) is 65.5 Å². The molecule has 0 radical (unpaired) electrons. The average Bonchev–Trinajstić information content (AvgIpc) is 3.46. The van der Waals surface area contributed by atoms with Crippen LogP contribution in [0, 0.1) is 0 Å². The molecule has 3 aromatic heterocycles. The number of ether oxygens (including phenoxy) is 1. The Morgan fingerprint density at radius 1 is 0.933 bits per heavy atom. The van der Waals surface area contributed by atoms with Gasteiger partial charge in [-0.3, -0.25) is 9.36 Å². The molecule has 4 nitrogen and oxygen atoms in total. The van der Waals surface area contributed by atoms with Crippen LogP contribution in [0.5, 0.6) is 5.75 Å². The minimum absolute atomic E-state index is 0.00324. The quantitative estimate of drug-likeness (QED) is 0.334. The highest BCUT2D eigenvalue weighted by Gasteiger charge is 2.26. The second-order valence-corrected chi connectivity index (χ2v) is 7.75. The van der Waals surface area contributed by atoms with Gasteiger partial charge in [-0.15, -0.1) is 11.3 Å². The van der Waals surface area contributed by atoms with Gasteiger partial charge in [0.15, 0.2) is 0 Å². The number of nitrogens with zero attached hydrogens (tertiary/aromatic N) is 2. The van der Waals surface area contributed by atoms with Crippen LogP contribution in [-0.4, -0.2) is 22.4 Å². The molecule has 3 heterocycles. The topological polar surface area (TPSA) is 44.1 Å². The summed E-state index contributed by atoms with van der Waals surface area (Å²) in [5.41, 5.74) is 4.13. The van der Waals surface area contributed by atoms with Crippen molar-refractivity contribution >= 4 is 28.2 Å². The van der Waals surface area contributed by atoms with Crippen LogP contribution in [0.25, 0.3) is 28.0 Å². The molecule has 2 aromatic carbocycles. The van der Waals surface area contributed by atoms with E-state index >= 15 is 0 Å². The molecular formula is C25H18N2O2S. The van der Waals surface area contributed by atoms with Gasteiger partial charge in [0.25, 0.3) is 0 Å². The fourth-order valence-electron chi connectivity index (χ4n) is 3.73. The summed E-state index contributed by atoms with van der Waals surface area (Å²) in [7, 11) is 1.64. The Balaban J connectivity index is 1.88. The second-order valence-electron chi connectivity index (χ2n) is 6.80. The molecule has 0 saturated heterocycles. The number of rotatable bonds is 5. The van der Waals surface area contributed by atoms with Crippen molar-refractivity contribution in [2.45, 2.75) is 0 Å². The lowest BCUT2D eigenvalue weighted by molar-refractivity contribution is 0.104. The number of methoxy groups -OCH3 is 1. The first-order valence-electron chi connectivity index (χ1n) is 9.55. The van der Waals surface area contributed by atoms with E-state index in [1.54, 1.807) is 13.3 Å². The molecule has 30 heavy (non-hydrogen) atoms. The van der Waals surface area contributed by atoms with Crippen molar-refractivity contribution in [3.05, 3.63) is 101 Å². The maximum atomic E-state index is 13.6. The van der Waals surface area contributed by atoms with Gasteiger partial charge in [0.1, 0.15) is 11.4 Å². The van der Waals surface area contributed by atoms with Crippen molar-refractivity contribution < 1.29 is 9.53 Å². The smallest absolute Gasteiger partial charge is 0.205 e. The highest BCUT2D eigenvalue weighted by Crippen LogP contribution is 2.38. The first-order chi connectivity index (χ1) is 14.8. The minimum atomic E-state index is 0.00324. The minimum Gasteiger partial charge on any atom is -0.497 e. The number of para-hydroxylation sites is 1. The van der Waals surface area contributed by atoms with Crippen molar-refractivity contribution in [2.24, 2.45) is 0 Å². The molecule has 146 valence electrons. The maximum Gasteiger partial charge on any atom is 0.205 e. The number of ketones is 1. The first kappa shape index (κ1) is 18.3. The molecular weight excluding hydrogens is 392 g/mol. The SMILES string of the molecule is COc1ccc(-c2c(C(=O)c3cccs3)c3cccnc3n2-c2ccccc2)cc1. The number of hydrogen-bond donors (Lipinski definition) is 0. The summed E-state index contributed by atoms with van der Waals surface area (Å²) in [4.78, 5) is 19.0. The van der Waals surface area contributed by atoms with Gasteiger partial charge in [-0.25, -0.2) is 4.98 Å². The molecule has 5 heteroatoms. The third-order valence-electron chi connectivity index (χ3n) is 5.08. The predicted molar refractivity (Wildman–Crippen MR) is 121 cm³/mol. The lowest BCUT2D eigenvalue weighted by Crippen LogP contribution is -2.03. The Bertz CT molecular complexity index is 1320.